The third-order valence-electron chi connectivity index (χ3n) is 8.46. The number of aromatic nitrogens is 4. The van der Waals surface area contributed by atoms with Gasteiger partial charge in [-0.05, 0) is 47.2 Å². The maximum Gasteiger partial charge on any atom is 0.407 e. The number of aromatic amines is 2. The van der Waals surface area contributed by atoms with E-state index < -0.39 is 12.2 Å². The average molecular weight is 708 g/mol. The first-order chi connectivity index (χ1) is 25.2. The second kappa shape index (κ2) is 17.0. The second-order valence-electron chi connectivity index (χ2n) is 12.0. The molecule has 2 aromatic heterocycles. The van der Waals surface area contributed by atoms with Crippen LogP contribution in [-0.4, -0.2) is 94.1 Å². The molecule has 0 fully saturated rings. The zero-order chi connectivity index (χ0) is 37.2. The fourth-order valence-electron chi connectivity index (χ4n) is 5.92. The minimum Gasteiger partial charge on any atom is -0.453 e. The standard InChI is InChI=1S/C37H41N9O6/c1-5-11-45(34(47)19-41-36(49)51-3)21-32-39-17-30(43-32)23-7-9-27-25(13-23)14-26(16-38)29-15-24(8-10-28(27)29)31-18-40-33(44-31)22-46(12-6-2)35(48)20-42-37(50)52-4/h7-10,13-15,17-18H,5-6,11-12,19-22H2,1-4H3,(H,39,43)(H,40,44)(H,41,49)(H,42,50). The number of nitriles is 1. The van der Waals surface area contributed by atoms with Gasteiger partial charge in [0.25, 0.3) is 0 Å². The first-order valence-corrected chi connectivity index (χ1v) is 16.9. The predicted molar refractivity (Wildman–Crippen MR) is 194 cm³/mol. The summed E-state index contributed by atoms with van der Waals surface area (Å²) in [6.07, 6.45) is 3.54. The number of ether oxygens (including phenoxy) is 2. The van der Waals surface area contributed by atoms with Gasteiger partial charge in [0.2, 0.25) is 11.8 Å². The van der Waals surface area contributed by atoms with Crippen LogP contribution in [0, 0.1) is 11.3 Å². The molecule has 3 aromatic carbocycles. The number of imidazole rings is 2. The normalized spacial score (nSPS) is 10.8. The van der Waals surface area contributed by atoms with Gasteiger partial charge in [0.05, 0.1) is 62.7 Å². The monoisotopic (exact) mass is 707 g/mol. The molecule has 0 atom stereocenters. The number of carbonyl (C=O) groups excluding carboxylic acids is 4. The zero-order valence-electron chi connectivity index (χ0n) is 29.5. The lowest BCUT2D eigenvalue weighted by Crippen LogP contribution is -2.40. The number of carbonyl (C=O) groups is 4. The molecule has 5 aromatic rings. The molecule has 270 valence electrons. The molecule has 0 bridgehead atoms. The van der Waals surface area contributed by atoms with E-state index in [4.69, 9.17) is 0 Å². The highest BCUT2D eigenvalue weighted by Crippen LogP contribution is 2.34. The SMILES string of the molecule is CCCN(Cc1ncc(-c2ccc3c(c2)cc(C#N)c2cc(-c4cnc(CN(CCC)C(=O)CNC(=O)OC)[nH]4)ccc23)[nH]1)C(=O)CNC(=O)OC. The minimum absolute atomic E-state index is 0.177. The molecule has 0 aliphatic carbocycles. The van der Waals surface area contributed by atoms with Crippen LogP contribution in [0.1, 0.15) is 43.9 Å². The van der Waals surface area contributed by atoms with Gasteiger partial charge >= 0.3 is 12.2 Å². The van der Waals surface area contributed by atoms with Crippen molar-refractivity contribution in [1.29, 1.82) is 5.26 Å². The summed E-state index contributed by atoms with van der Waals surface area (Å²) in [5.74, 6) is 0.680. The molecule has 0 spiro atoms. The lowest BCUT2D eigenvalue weighted by molar-refractivity contribution is -0.131. The number of hydrogen-bond acceptors (Lipinski definition) is 9. The highest BCUT2D eigenvalue weighted by atomic mass is 16.5. The van der Waals surface area contributed by atoms with Crippen molar-refractivity contribution in [2.45, 2.75) is 39.8 Å². The number of nitrogens with one attached hydrogen (secondary N) is 4. The molecule has 4 amide bonds. The van der Waals surface area contributed by atoms with E-state index in [2.05, 4.69) is 46.1 Å². The molecular weight excluding hydrogens is 666 g/mol. The van der Waals surface area contributed by atoms with E-state index in [0.29, 0.717) is 30.3 Å². The Morgan fingerprint density at radius 3 is 1.71 bits per heavy atom. The Balaban J connectivity index is 1.35. The molecule has 0 unspecified atom stereocenters. The Bertz CT molecular complexity index is 2130. The molecule has 0 saturated carbocycles. The van der Waals surface area contributed by atoms with Crippen molar-refractivity contribution in [2.75, 3.05) is 40.4 Å². The quantitative estimate of drug-likeness (QED) is 0.117. The molecule has 15 heteroatoms. The number of rotatable bonds is 14. The fourth-order valence-corrected chi connectivity index (χ4v) is 5.92. The molecule has 2 heterocycles. The van der Waals surface area contributed by atoms with Gasteiger partial charge in [0.15, 0.2) is 0 Å². The number of fused-ring (bicyclic) bond motifs is 3. The number of amides is 4. The lowest BCUT2D eigenvalue weighted by atomic mass is 9.94. The Morgan fingerprint density at radius 1 is 0.731 bits per heavy atom. The van der Waals surface area contributed by atoms with Crippen LogP contribution in [0.2, 0.25) is 0 Å². The first-order valence-electron chi connectivity index (χ1n) is 16.9. The Morgan fingerprint density at radius 2 is 1.23 bits per heavy atom. The third kappa shape index (κ3) is 8.64. The molecule has 4 N–H and O–H groups in total. The van der Waals surface area contributed by atoms with Crippen LogP contribution in [0.4, 0.5) is 9.59 Å². The first kappa shape index (κ1) is 36.8. The highest BCUT2D eigenvalue weighted by Gasteiger charge is 2.19. The van der Waals surface area contributed by atoms with Crippen molar-refractivity contribution < 1.29 is 28.7 Å². The van der Waals surface area contributed by atoms with Gasteiger partial charge < -0.3 is 39.9 Å². The largest absolute Gasteiger partial charge is 0.453 e. The van der Waals surface area contributed by atoms with Gasteiger partial charge in [-0.25, -0.2) is 19.6 Å². The van der Waals surface area contributed by atoms with E-state index in [-0.39, 0.29) is 38.0 Å². The number of hydrogen-bond donors (Lipinski definition) is 4. The van der Waals surface area contributed by atoms with Crippen molar-refractivity contribution in [3.8, 4) is 28.6 Å². The topological polar surface area (TPSA) is 198 Å². The lowest BCUT2D eigenvalue weighted by Gasteiger charge is -2.21. The molecular formula is C37H41N9O6. The van der Waals surface area contributed by atoms with Gasteiger partial charge in [-0.15, -0.1) is 0 Å². The minimum atomic E-state index is -0.674. The molecule has 0 radical (unpaired) electrons. The molecule has 5 rings (SSSR count). The molecule has 0 saturated heterocycles. The Hall–Kier alpha value is -6.43. The van der Waals surface area contributed by atoms with Crippen molar-refractivity contribution in [3.63, 3.8) is 0 Å². The number of benzene rings is 3. The van der Waals surface area contributed by atoms with Crippen molar-refractivity contribution in [1.82, 2.24) is 40.4 Å². The zero-order valence-corrected chi connectivity index (χ0v) is 29.5. The van der Waals surface area contributed by atoms with E-state index in [9.17, 15) is 24.4 Å². The number of H-pyrrole nitrogens is 2. The van der Waals surface area contributed by atoms with Crippen LogP contribution in [0.25, 0.3) is 44.1 Å². The van der Waals surface area contributed by atoms with Crippen molar-refractivity contribution in [2.24, 2.45) is 0 Å². The maximum atomic E-state index is 12.7. The van der Waals surface area contributed by atoms with E-state index in [0.717, 1.165) is 56.9 Å². The average Bonchev–Trinajstić information content (AvgIpc) is 3.84. The van der Waals surface area contributed by atoms with Crippen LogP contribution in [0.3, 0.4) is 0 Å². The van der Waals surface area contributed by atoms with Gasteiger partial charge in [-0.2, -0.15) is 5.26 Å². The fraction of sp³-hybridized carbons (Fsp3) is 0.324. The molecule has 0 aliphatic heterocycles. The predicted octanol–water partition coefficient (Wildman–Crippen LogP) is 4.83. The summed E-state index contributed by atoms with van der Waals surface area (Å²) in [4.78, 5) is 67.2. The molecule has 0 aliphatic rings. The number of alkyl carbamates (subject to hydrolysis) is 2. The molecule has 52 heavy (non-hydrogen) atoms. The van der Waals surface area contributed by atoms with Crippen molar-refractivity contribution in [3.05, 3.63) is 72.1 Å². The number of methoxy groups -OCH3 is 2. The summed E-state index contributed by atoms with van der Waals surface area (Å²) in [5, 5.41) is 18.6. The summed E-state index contributed by atoms with van der Waals surface area (Å²) in [6, 6.07) is 16.1. The van der Waals surface area contributed by atoms with E-state index >= 15 is 0 Å². The van der Waals surface area contributed by atoms with Gasteiger partial charge in [0, 0.05) is 29.6 Å². The van der Waals surface area contributed by atoms with Crippen molar-refractivity contribution >= 4 is 45.5 Å². The van der Waals surface area contributed by atoms with Crippen LogP contribution in [0.5, 0.6) is 0 Å². The van der Waals surface area contributed by atoms with E-state index in [1.54, 1.807) is 22.2 Å². The van der Waals surface area contributed by atoms with Crippen LogP contribution in [-0.2, 0) is 32.2 Å². The van der Waals surface area contributed by atoms with Gasteiger partial charge in [-0.1, -0.05) is 38.1 Å². The third-order valence-corrected chi connectivity index (χ3v) is 8.46. The van der Waals surface area contributed by atoms with Crippen LogP contribution >= 0.6 is 0 Å². The smallest absolute Gasteiger partial charge is 0.407 e. The van der Waals surface area contributed by atoms with Crippen LogP contribution in [0.15, 0.2) is 54.9 Å². The number of nitrogens with zero attached hydrogens (tertiary/aromatic N) is 5. The van der Waals surface area contributed by atoms with E-state index in [1.165, 1.54) is 14.2 Å². The summed E-state index contributed by atoms with van der Waals surface area (Å²) >= 11 is 0. The summed E-state index contributed by atoms with van der Waals surface area (Å²) in [6.45, 7) is 5.04. The Labute approximate surface area is 300 Å². The van der Waals surface area contributed by atoms with Gasteiger partial charge in [0.1, 0.15) is 24.7 Å². The summed E-state index contributed by atoms with van der Waals surface area (Å²) in [7, 11) is 2.48. The Kier molecular flexibility index (Phi) is 12.0. The highest BCUT2D eigenvalue weighted by molar-refractivity contribution is 6.11. The summed E-state index contributed by atoms with van der Waals surface area (Å²) < 4.78 is 9.12. The van der Waals surface area contributed by atoms with E-state index in [1.807, 2.05) is 56.3 Å². The van der Waals surface area contributed by atoms with Crippen LogP contribution < -0.4 is 10.6 Å². The van der Waals surface area contributed by atoms with Gasteiger partial charge in [-0.3, -0.25) is 9.59 Å². The maximum absolute atomic E-state index is 12.7. The summed E-state index contributed by atoms with van der Waals surface area (Å²) in [5.41, 5.74) is 3.71. The molecule has 15 nitrogen and oxygen atoms in total. The second-order valence-corrected chi connectivity index (χ2v) is 12.0.